The van der Waals surface area contributed by atoms with Crippen molar-refractivity contribution in [3.63, 3.8) is 0 Å². The Morgan fingerprint density at radius 2 is 2.08 bits per heavy atom. The smallest absolute Gasteiger partial charge is 0.191 e. The van der Waals surface area contributed by atoms with E-state index in [1.54, 1.807) is 6.26 Å². The minimum atomic E-state index is 0.517. The second-order valence-corrected chi connectivity index (χ2v) is 6.17. The molecule has 0 aliphatic heterocycles. The van der Waals surface area contributed by atoms with Crippen LogP contribution in [0.25, 0.3) is 0 Å². The summed E-state index contributed by atoms with van der Waals surface area (Å²) in [5.74, 6) is 1.68. The molecule has 142 valence electrons. The quantitative estimate of drug-likeness (QED) is 0.388. The molecule has 1 heterocycles. The summed E-state index contributed by atoms with van der Waals surface area (Å²) in [7, 11) is 4.09. The molecule has 1 aromatic carbocycles. The lowest BCUT2D eigenvalue weighted by Gasteiger charge is -2.14. The number of rotatable bonds is 10. The lowest BCUT2D eigenvalue weighted by Crippen LogP contribution is -2.38. The molecule has 6 nitrogen and oxygen atoms in total. The molecule has 0 aliphatic rings. The van der Waals surface area contributed by atoms with Crippen molar-refractivity contribution < 1.29 is 9.15 Å². The SMILES string of the molecule is CCNC(=NCc1cccc(N(C)C)c1)NCCCOCc1ccco1. The van der Waals surface area contributed by atoms with Crippen LogP contribution in [-0.4, -0.2) is 39.8 Å². The van der Waals surface area contributed by atoms with E-state index in [1.165, 1.54) is 11.3 Å². The fourth-order valence-corrected chi connectivity index (χ4v) is 2.39. The number of guanidine groups is 1. The lowest BCUT2D eigenvalue weighted by atomic mass is 10.2. The molecular formula is C20H30N4O2. The number of ether oxygens (including phenoxy) is 1. The molecule has 0 saturated carbocycles. The molecule has 0 fully saturated rings. The summed E-state index contributed by atoms with van der Waals surface area (Å²) in [6, 6.07) is 12.2. The highest BCUT2D eigenvalue weighted by Crippen LogP contribution is 2.13. The molecule has 2 aromatic rings. The number of aliphatic imine (C=N–C) groups is 1. The van der Waals surface area contributed by atoms with Gasteiger partial charge in [0.15, 0.2) is 5.96 Å². The average molecular weight is 358 g/mol. The van der Waals surface area contributed by atoms with Crippen molar-refractivity contribution in [2.45, 2.75) is 26.5 Å². The van der Waals surface area contributed by atoms with E-state index in [-0.39, 0.29) is 0 Å². The third kappa shape index (κ3) is 7.19. The molecule has 0 bridgehead atoms. The maximum Gasteiger partial charge on any atom is 0.191 e. The topological polar surface area (TPSA) is 62.0 Å². The number of furan rings is 1. The Balaban J connectivity index is 1.72. The summed E-state index contributed by atoms with van der Waals surface area (Å²) in [5.41, 5.74) is 2.37. The van der Waals surface area contributed by atoms with Crippen LogP contribution in [-0.2, 0) is 17.9 Å². The van der Waals surface area contributed by atoms with Crippen LogP contribution in [0.15, 0.2) is 52.1 Å². The zero-order valence-corrected chi connectivity index (χ0v) is 16.0. The van der Waals surface area contributed by atoms with Crippen LogP contribution < -0.4 is 15.5 Å². The van der Waals surface area contributed by atoms with Gasteiger partial charge in [0.05, 0.1) is 12.8 Å². The predicted molar refractivity (Wildman–Crippen MR) is 107 cm³/mol. The largest absolute Gasteiger partial charge is 0.467 e. The van der Waals surface area contributed by atoms with E-state index in [2.05, 4.69) is 51.7 Å². The predicted octanol–water partition coefficient (Wildman–Crippen LogP) is 3.01. The zero-order chi connectivity index (χ0) is 18.6. The molecule has 0 aliphatic carbocycles. The maximum absolute atomic E-state index is 5.59. The monoisotopic (exact) mass is 358 g/mol. The highest BCUT2D eigenvalue weighted by Gasteiger charge is 2.00. The van der Waals surface area contributed by atoms with Crippen molar-refractivity contribution in [1.29, 1.82) is 0 Å². The molecule has 0 unspecified atom stereocenters. The van der Waals surface area contributed by atoms with E-state index in [9.17, 15) is 0 Å². The zero-order valence-electron chi connectivity index (χ0n) is 16.0. The van der Waals surface area contributed by atoms with Crippen LogP contribution in [0.3, 0.4) is 0 Å². The number of anilines is 1. The van der Waals surface area contributed by atoms with Gasteiger partial charge >= 0.3 is 0 Å². The summed E-state index contributed by atoms with van der Waals surface area (Å²) in [6.07, 6.45) is 2.56. The van der Waals surface area contributed by atoms with Gasteiger partial charge in [0, 0.05) is 39.5 Å². The number of benzene rings is 1. The number of nitrogens with zero attached hydrogens (tertiary/aromatic N) is 2. The van der Waals surface area contributed by atoms with Gasteiger partial charge in [-0.05, 0) is 43.2 Å². The fraction of sp³-hybridized carbons (Fsp3) is 0.450. The van der Waals surface area contributed by atoms with Crippen LogP contribution in [0.5, 0.6) is 0 Å². The first kappa shape index (κ1) is 19.8. The summed E-state index contributed by atoms with van der Waals surface area (Å²) in [6.45, 7) is 5.55. The van der Waals surface area contributed by atoms with E-state index in [1.807, 2.05) is 26.2 Å². The van der Waals surface area contributed by atoms with E-state index < -0.39 is 0 Å². The van der Waals surface area contributed by atoms with Crippen LogP contribution in [0.1, 0.15) is 24.7 Å². The van der Waals surface area contributed by atoms with Crippen molar-refractivity contribution in [3.8, 4) is 0 Å². The Morgan fingerprint density at radius 1 is 1.19 bits per heavy atom. The molecule has 2 N–H and O–H groups in total. The van der Waals surface area contributed by atoms with Crippen molar-refractivity contribution in [2.24, 2.45) is 4.99 Å². The van der Waals surface area contributed by atoms with Crippen LogP contribution in [0.2, 0.25) is 0 Å². The van der Waals surface area contributed by atoms with Crippen molar-refractivity contribution in [1.82, 2.24) is 10.6 Å². The second kappa shape index (κ2) is 11.2. The minimum Gasteiger partial charge on any atom is -0.467 e. The molecule has 0 saturated heterocycles. The second-order valence-electron chi connectivity index (χ2n) is 6.17. The molecule has 6 heteroatoms. The molecule has 0 amide bonds. The average Bonchev–Trinajstić information content (AvgIpc) is 3.16. The van der Waals surface area contributed by atoms with Gasteiger partial charge < -0.3 is 24.7 Å². The number of nitrogens with one attached hydrogen (secondary N) is 2. The number of hydrogen-bond donors (Lipinski definition) is 2. The third-order valence-corrected chi connectivity index (χ3v) is 3.77. The van der Waals surface area contributed by atoms with E-state index in [0.29, 0.717) is 19.8 Å². The first-order valence-corrected chi connectivity index (χ1v) is 9.07. The van der Waals surface area contributed by atoms with Gasteiger partial charge in [-0.25, -0.2) is 4.99 Å². The molecule has 1 aromatic heterocycles. The summed E-state index contributed by atoms with van der Waals surface area (Å²) in [4.78, 5) is 6.76. The highest BCUT2D eigenvalue weighted by molar-refractivity contribution is 5.79. The first-order valence-electron chi connectivity index (χ1n) is 9.07. The van der Waals surface area contributed by atoms with Crippen LogP contribution >= 0.6 is 0 Å². The summed E-state index contributed by atoms with van der Waals surface area (Å²) < 4.78 is 10.8. The highest BCUT2D eigenvalue weighted by atomic mass is 16.5. The van der Waals surface area contributed by atoms with Gasteiger partial charge in [-0.1, -0.05) is 12.1 Å². The van der Waals surface area contributed by atoms with Crippen molar-refractivity contribution >= 4 is 11.6 Å². The lowest BCUT2D eigenvalue weighted by molar-refractivity contribution is 0.105. The Labute approximate surface area is 156 Å². The van der Waals surface area contributed by atoms with Gasteiger partial charge in [0.1, 0.15) is 12.4 Å². The van der Waals surface area contributed by atoms with E-state index in [0.717, 1.165) is 31.2 Å². The maximum atomic E-state index is 5.59. The Bertz CT molecular complexity index is 654. The van der Waals surface area contributed by atoms with Crippen LogP contribution in [0.4, 0.5) is 5.69 Å². The molecule has 0 radical (unpaired) electrons. The first-order chi connectivity index (χ1) is 12.7. The Kier molecular flexibility index (Phi) is 8.55. The molecule has 0 atom stereocenters. The Morgan fingerprint density at radius 3 is 2.81 bits per heavy atom. The normalized spacial score (nSPS) is 11.4. The fourth-order valence-electron chi connectivity index (χ4n) is 2.39. The third-order valence-electron chi connectivity index (χ3n) is 3.77. The molecule has 2 rings (SSSR count). The van der Waals surface area contributed by atoms with E-state index in [4.69, 9.17) is 9.15 Å². The van der Waals surface area contributed by atoms with Crippen molar-refractivity contribution in [2.75, 3.05) is 38.7 Å². The van der Waals surface area contributed by atoms with Crippen molar-refractivity contribution in [3.05, 3.63) is 54.0 Å². The molecular weight excluding hydrogens is 328 g/mol. The summed E-state index contributed by atoms with van der Waals surface area (Å²) >= 11 is 0. The molecule has 0 spiro atoms. The Hall–Kier alpha value is -2.47. The van der Waals surface area contributed by atoms with Crippen LogP contribution in [0, 0.1) is 0 Å². The minimum absolute atomic E-state index is 0.517. The van der Waals surface area contributed by atoms with Gasteiger partial charge in [-0.2, -0.15) is 0 Å². The molecule has 26 heavy (non-hydrogen) atoms. The number of hydrogen-bond acceptors (Lipinski definition) is 4. The summed E-state index contributed by atoms with van der Waals surface area (Å²) in [5, 5.41) is 6.62. The van der Waals surface area contributed by atoms with Gasteiger partial charge in [0.25, 0.3) is 0 Å². The standard InChI is InChI=1S/C20H30N4O2/c1-4-21-20(22-11-7-12-25-16-19-10-6-13-26-19)23-15-17-8-5-9-18(14-17)24(2)3/h5-6,8-10,13-14H,4,7,11-12,15-16H2,1-3H3,(H2,21,22,23). The van der Waals surface area contributed by atoms with E-state index >= 15 is 0 Å². The van der Waals surface area contributed by atoms with Gasteiger partial charge in [-0.15, -0.1) is 0 Å². The van der Waals surface area contributed by atoms with Gasteiger partial charge in [0.2, 0.25) is 0 Å². The van der Waals surface area contributed by atoms with Gasteiger partial charge in [-0.3, -0.25) is 0 Å².